The highest BCUT2D eigenvalue weighted by atomic mass is 79.9. The largest absolute Gasteiger partial charge is 0.493 e. The Labute approximate surface area is 230 Å². The third kappa shape index (κ3) is 5.71. The fraction of sp³-hybridized carbons (Fsp3) is 0.115. The van der Waals surface area contributed by atoms with Gasteiger partial charge >= 0.3 is 0 Å². The third-order valence-corrected chi connectivity index (χ3v) is 7.36. The fourth-order valence-corrected chi connectivity index (χ4v) is 5.35. The molecule has 0 aromatic heterocycles. The Morgan fingerprint density at radius 2 is 1.89 bits per heavy atom. The van der Waals surface area contributed by atoms with Crippen molar-refractivity contribution in [1.82, 2.24) is 4.90 Å². The number of benzene rings is 3. The third-order valence-electron chi connectivity index (χ3n) is 5.28. The molecule has 1 aliphatic heterocycles. The lowest BCUT2D eigenvalue weighted by Gasteiger charge is -2.15. The molecule has 2 amide bonds. The smallest absolute Gasteiger partial charge is 0.293 e. The molecule has 0 N–H and O–H groups in total. The van der Waals surface area contributed by atoms with E-state index in [4.69, 9.17) is 32.7 Å². The standard InChI is InChI=1S/C26H17BrCl2N2O4S/c1-34-22-9-15(8-20(27)24(22)35-14-18-6-7-19(28)11-21(18)29)10-23-25(32)31(26(33)36-23)13-17-5-3-2-4-16(17)12-30/h2-11H,13-14H2,1H3/b23-10+. The van der Waals surface area contributed by atoms with Crippen LogP contribution in [0.15, 0.2) is 64.0 Å². The normalized spacial score (nSPS) is 14.3. The molecule has 182 valence electrons. The summed E-state index contributed by atoms with van der Waals surface area (Å²) < 4.78 is 12.1. The average molecular weight is 604 g/mol. The Morgan fingerprint density at radius 3 is 2.61 bits per heavy atom. The van der Waals surface area contributed by atoms with Gasteiger partial charge in [-0.05, 0) is 75.2 Å². The molecular formula is C26H17BrCl2N2O4S. The molecule has 36 heavy (non-hydrogen) atoms. The Morgan fingerprint density at radius 1 is 1.11 bits per heavy atom. The number of nitrogens with zero attached hydrogens (tertiary/aromatic N) is 2. The summed E-state index contributed by atoms with van der Waals surface area (Å²) in [5.41, 5.74) is 2.42. The summed E-state index contributed by atoms with van der Waals surface area (Å²) in [6.45, 7) is 0.214. The van der Waals surface area contributed by atoms with Crippen molar-refractivity contribution in [3.05, 3.63) is 96.3 Å². The maximum absolute atomic E-state index is 13.0. The van der Waals surface area contributed by atoms with Gasteiger partial charge in [0.25, 0.3) is 11.1 Å². The molecule has 0 spiro atoms. The van der Waals surface area contributed by atoms with Gasteiger partial charge in [-0.25, -0.2) is 0 Å². The number of nitriles is 1. The second-order valence-corrected chi connectivity index (χ2v) is 10.3. The van der Waals surface area contributed by atoms with E-state index in [0.717, 1.165) is 22.2 Å². The highest BCUT2D eigenvalue weighted by Crippen LogP contribution is 2.40. The molecule has 1 heterocycles. The summed E-state index contributed by atoms with van der Waals surface area (Å²) >= 11 is 16.5. The van der Waals surface area contributed by atoms with Gasteiger partial charge in [-0.15, -0.1) is 0 Å². The number of carbonyl (C=O) groups excluding carboxylic acids is 2. The highest BCUT2D eigenvalue weighted by Gasteiger charge is 2.35. The first-order valence-corrected chi connectivity index (χ1v) is 12.8. The molecule has 0 bridgehead atoms. The zero-order chi connectivity index (χ0) is 25.8. The van der Waals surface area contributed by atoms with E-state index >= 15 is 0 Å². The van der Waals surface area contributed by atoms with E-state index in [2.05, 4.69) is 22.0 Å². The molecule has 0 atom stereocenters. The zero-order valence-corrected chi connectivity index (χ0v) is 22.7. The SMILES string of the molecule is COc1cc(/C=C2/SC(=O)N(Cc3ccccc3C#N)C2=O)cc(Br)c1OCc1ccc(Cl)cc1Cl. The van der Waals surface area contributed by atoms with Crippen molar-refractivity contribution >= 4 is 68.1 Å². The molecule has 1 aliphatic rings. The van der Waals surface area contributed by atoms with Crippen molar-refractivity contribution < 1.29 is 19.1 Å². The van der Waals surface area contributed by atoms with E-state index in [-0.39, 0.29) is 18.1 Å². The van der Waals surface area contributed by atoms with Crippen LogP contribution in [0.25, 0.3) is 6.08 Å². The van der Waals surface area contributed by atoms with Gasteiger partial charge < -0.3 is 9.47 Å². The first kappa shape index (κ1) is 26.1. The van der Waals surface area contributed by atoms with Crippen LogP contribution in [0.3, 0.4) is 0 Å². The maximum atomic E-state index is 13.0. The van der Waals surface area contributed by atoms with Gasteiger partial charge in [0.1, 0.15) is 6.61 Å². The van der Waals surface area contributed by atoms with Gasteiger partial charge in [0.15, 0.2) is 11.5 Å². The average Bonchev–Trinajstić information content (AvgIpc) is 3.11. The molecular weight excluding hydrogens is 587 g/mol. The highest BCUT2D eigenvalue weighted by molar-refractivity contribution is 9.10. The molecule has 3 aromatic carbocycles. The van der Waals surface area contributed by atoms with E-state index < -0.39 is 11.1 Å². The van der Waals surface area contributed by atoms with E-state index in [0.29, 0.717) is 42.7 Å². The predicted octanol–water partition coefficient (Wildman–Crippen LogP) is 7.45. The van der Waals surface area contributed by atoms with E-state index in [1.54, 1.807) is 60.7 Å². The number of amides is 2. The molecule has 0 aliphatic carbocycles. The number of carbonyl (C=O) groups is 2. The van der Waals surface area contributed by atoms with Crippen LogP contribution in [0.2, 0.25) is 10.0 Å². The van der Waals surface area contributed by atoms with Crippen LogP contribution in [0.1, 0.15) is 22.3 Å². The number of rotatable bonds is 7. The van der Waals surface area contributed by atoms with Gasteiger partial charge in [0.05, 0.1) is 34.7 Å². The minimum atomic E-state index is -0.425. The van der Waals surface area contributed by atoms with Crippen molar-refractivity contribution in [2.75, 3.05) is 7.11 Å². The van der Waals surface area contributed by atoms with Crippen LogP contribution in [0.4, 0.5) is 4.79 Å². The Balaban J connectivity index is 1.55. The summed E-state index contributed by atoms with van der Waals surface area (Å²) in [5.74, 6) is 0.468. The van der Waals surface area contributed by atoms with Crippen LogP contribution in [0.5, 0.6) is 11.5 Å². The fourth-order valence-electron chi connectivity index (χ4n) is 3.48. The Hall–Kier alpha value is -2.96. The quantitative estimate of drug-likeness (QED) is 0.261. The molecule has 6 nitrogen and oxygen atoms in total. The van der Waals surface area contributed by atoms with Crippen LogP contribution >= 0.6 is 50.9 Å². The molecule has 1 saturated heterocycles. The summed E-state index contributed by atoms with van der Waals surface area (Å²) in [6.07, 6.45) is 1.62. The Bertz CT molecular complexity index is 1440. The number of hydrogen-bond donors (Lipinski definition) is 0. The van der Waals surface area contributed by atoms with E-state index in [9.17, 15) is 14.9 Å². The van der Waals surface area contributed by atoms with Crippen molar-refractivity contribution in [1.29, 1.82) is 5.26 Å². The topological polar surface area (TPSA) is 79.6 Å². The number of halogens is 3. The molecule has 1 fully saturated rings. The number of ether oxygens (including phenoxy) is 2. The summed E-state index contributed by atoms with van der Waals surface area (Å²) in [4.78, 5) is 27.0. The minimum absolute atomic E-state index is 0.0266. The van der Waals surface area contributed by atoms with Crippen molar-refractivity contribution in [3.63, 3.8) is 0 Å². The number of methoxy groups -OCH3 is 1. The molecule has 4 rings (SSSR count). The minimum Gasteiger partial charge on any atom is -0.493 e. The summed E-state index contributed by atoms with van der Waals surface area (Å²) in [7, 11) is 1.51. The van der Waals surface area contributed by atoms with Crippen LogP contribution in [-0.2, 0) is 17.9 Å². The molecule has 0 unspecified atom stereocenters. The maximum Gasteiger partial charge on any atom is 0.293 e. The second-order valence-electron chi connectivity index (χ2n) is 7.60. The van der Waals surface area contributed by atoms with Crippen molar-refractivity contribution in [3.8, 4) is 17.6 Å². The van der Waals surface area contributed by atoms with Crippen molar-refractivity contribution in [2.24, 2.45) is 0 Å². The van der Waals surface area contributed by atoms with Gasteiger partial charge in [0, 0.05) is 15.6 Å². The van der Waals surface area contributed by atoms with Gasteiger partial charge in [-0.1, -0.05) is 47.5 Å². The van der Waals surface area contributed by atoms with Gasteiger partial charge in [-0.3, -0.25) is 14.5 Å². The number of imide groups is 1. The summed E-state index contributed by atoms with van der Waals surface area (Å²) in [6, 6.07) is 17.6. The number of hydrogen-bond acceptors (Lipinski definition) is 6. The predicted molar refractivity (Wildman–Crippen MR) is 144 cm³/mol. The van der Waals surface area contributed by atoms with E-state index in [1.165, 1.54) is 7.11 Å². The van der Waals surface area contributed by atoms with Crippen LogP contribution in [-0.4, -0.2) is 23.2 Å². The number of thioether (sulfide) groups is 1. The first-order chi connectivity index (χ1) is 17.3. The lowest BCUT2D eigenvalue weighted by atomic mass is 10.1. The lowest BCUT2D eigenvalue weighted by molar-refractivity contribution is -0.123. The molecule has 3 aromatic rings. The second kappa shape index (κ2) is 11.4. The lowest BCUT2D eigenvalue weighted by Crippen LogP contribution is -2.27. The van der Waals surface area contributed by atoms with Crippen LogP contribution < -0.4 is 9.47 Å². The zero-order valence-electron chi connectivity index (χ0n) is 18.8. The molecule has 0 saturated carbocycles. The Kier molecular flexibility index (Phi) is 8.27. The van der Waals surface area contributed by atoms with Gasteiger partial charge in [0.2, 0.25) is 0 Å². The van der Waals surface area contributed by atoms with Crippen molar-refractivity contribution in [2.45, 2.75) is 13.2 Å². The molecule has 0 radical (unpaired) electrons. The summed E-state index contributed by atoms with van der Waals surface area (Å²) in [5, 5.41) is 9.93. The monoisotopic (exact) mass is 602 g/mol. The first-order valence-electron chi connectivity index (χ1n) is 10.5. The van der Waals surface area contributed by atoms with Crippen LogP contribution in [0, 0.1) is 11.3 Å². The molecule has 10 heteroatoms. The van der Waals surface area contributed by atoms with Gasteiger partial charge in [-0.2, -0.15) is 5.26 Å². The van der Waals surface area contributed by atoms with E-state index in [1.807, 2.05) is 0 Å².